The van der Waals surface area contributed by atoms with E-state index in [2.05, 4.69) is 5.32 Å². The van der Waals surface area contributed by atoms with Crippen molar-refractivity contribution in [3.05, 3.63) is 59.7 Å². The number of para-hydroxylation sites is 1. The van der Waals surface area contributed by atoms with Crippen molar-refractivity contribution in [3.8, 4) is 11.5 Å². The van der Waals surface area contributed by atoms with Gasteiger partial charge in [0.15, 0.2) is 11.5 Å². The van der Waals surface area contributed by atoms with Gasteiger partial charge >= 0.3 is 5.97 Å². The Bertz CT molecular complexity index is 785. The first-order chi connectivity index (χ1) is 11.5. The summed E-state index contributed by atoms with van der Waals surface area (Å²) in [6.07, 6.45) is 2.92. The minimum atomic E-state index is -1.10. The van der Waals surface area contributed by atoms with Crippen LogP contribution in [0.4, 0.5) is 5.69 Å². The Morgan fingerprint density at radius 1 is 1.04 bits per heavy atom. The molecular weight excluding hydrogens is 326 g/mol. The molecule has 0 bridgehead atoms. The van der Waals surface area contributed by atoms with Crippen LogP contribution in [-0.4, -0.2) is 36.7 Å². The van der Waals surface area contributed by atoms with Crippen LogP contribution in [0.15, 0.2) is 48.5 Å². The lowest BCUT2D eigenvalue weighted by Crippen LogP contribution is -2.11. The van der Waals surface area contributed by atoms with Gasteiger partial charge in [0, 0.05) is 6.08 Å². The van der Waals surface area contributed by atoms with Crippen LogP contribution in [0, 0.1) is 0 Å². The van der Waals surface area contributed by atoms with Crippen LogP contribution in [0.3, 0.4) is 0 Å². The maximum absolute atomic E-state index is 12.0. The van der Waals surface area contributed by atoms with Crippen LogP contribution in [0.25, 0.3) is 6.08 Å². The summed E-state index contributed by atoms with van der Waals surface area (Å²) < 4.78 is 10.3. The number of carbonyl (C=O) groups is 2. The number of carboxylic acids is 1. The van der Waals surface area contributed by atoms with Crippen molar-refractivity contribution in [2.24, 2.45) is 0 Å². The van der Waals surface area contributed by atoms with Crippen molar-refractivity contribution < 1.29 is 29.6 Å². The number of amides is 1. The zero-order valence-electron chi connectivity index (χ0n) is 13.8. The second-order valence-electron chi connectivity index (χ2n) is 4.79. The highest BCUT2D eigenvalue weighted by Crippen LogP contribution is 2.28. The number of ether oxygens (including phenoxy) is 2. The standard InChI is InChI=1S/C18H17NO5.H2O/c1-23-15-9-7-12(11-16(15)24-2)8-10-17(20)19-14-6-4-3-5-13(14)18(21)22;/h3-11H,1-2H3,(H,19,20)(H,21,22);1H2/b10-8+;. The Morgan fingerprint density at radius 3 is 2.36 bits per heavy atom. The maximum Gasteiger partial charge on any atom is 0.337 e. The minimum Gasteiger partial charge on any atom is -0.493 e. The lowest BCUT2D eigenvalue weighted by atomic mass is 10.1. The Balaban J connectivity index is 0.00000312. The quantitative estimate of drug-likeness (QED) is 0.779. The molecular formula is C18H19NO6. The highest BCUT2D eigenvalue weighted by molar-refractivity contribution is 6.06. The first-order valence-electron chi connectivity index (χ1n) is 7.08. The van der Waals surface area contributed by atoms with Crippen LogP contribution in [0.2, 0.25) is 0 Å². The summed E-state index contributed by atoms with van der Waals surface area (Å²) in [5.41, 5.74) is 1.02. The molecule has 0 spiro atoms. The zero-order chi connectivity index (χ0) is 17.5. The van der Waals surface area contributed by atoms with E-state index < -0.39 is 11.9 Å². The van der Waals surface area contributed by atoms with Crippen LogP contribution in [-0.2, 0) is 4.79 Å². The van der Waals surface area contributed by atoms with Gasteiger partial charge in [-0.3, -0.25) is 4.79 Å². The lowest BCUT2D eigenvalue weighted by Gasteiger charge is -2.08. The van der Waals surface area contributed by atoms with E-state index in [4.69, 9.17) is 14.6 Å². The number of anilines is 1. The molecule has 0 saturated heterocycles. The number of aromatic carboxylic acids is 1. The van der Waals surface area contributed by atoms with Gasteiger partial charge in [0.1, 0.15) is 0 Å². The zero-order valence-corrected chi connectivity index (χ0v) is 13.8. The van der Waals surface area contributed by atoms with Gasteiger partial charge < -0.3 is 25.4 Å². The number of nitrogens with one attached hydrogen (secondary N) is 1. The van der Waals surface area contributed by atoms with E-state index in [-0.39, 0.29) is 16.7 Å². The number of rotatable bonds is 6. The predicted molar refractivity (Wildman–Crippen MR) is 94.2 cm³/mol. The molecule has 2 aromatic rings. The van der Waals surface area contributed by atoms with E-state index in [0.717, 1.165) is 5.56 Å². The molecule has 0 aromatic heterocycles. The molecule has 0 aliphatic rings. The third-order valence-corrected chi connectivity index (χ3v) is 3.25. The van der Waals surface area contributed by atoms with Gasteiger partial charge in [-0.1, -0.05) is 18.2 Å². The van der Waals surface area contributed by atoms with E-state index in [1.54, 1.807) is 43.5 Å². The maximum atomic E-state index is 12.0. The van der Waals surface area contributed by atoms with Crippen molar-refractivity contribution in [1.29, 1.82) is 0 Å². The fourth-order valence-corrected chi connectivity index (χ4v) is 2.08. The van der Waals surface area contributed by atoms with Crippen molar-refractivity contribution >= 4 is 23.6 Å². The number of benzene rings is 2. The summed E-state index contributed by atoms with van der Waals surface area (Å²) in [7, 11) is 3.07. The monoisotopic (exact) mass is 345 g/mol. The largest absolute Gasteiger partial charge is 0.493 e. The molecule has 0 unspecified atom stereocenters. The third kappa shape index (κ3) is 5.08. The highest BCUT2D eigenvalue weighted by Gasteiger charge is 2.10. The second-order valence-corrected chi connectivity index (χ2v) is 4.79. The smallest absolute Gasteiger partial charge is 0.337 e. The van der Waals surface area contributed by atoms with Crippen LogP contribution in [0.1, 0.15) is 15.9 Å². The summed E-state index contributed by atoms with van der Waals surface area (Å²) in [6.45, 7) is 0. The fourth-order valence-electron chi connectivity index (χ4n) is 2.08. The van der Waals surface area contributed by atoms with Gasteiger partial charge in [-0.15, -0.1) is 0 Å². The molecule has 0 aliphatic carbocycles. The Kier molecular flexibility index (Phi) is 7.17. The van der Waals surface area contributed by atoms with Gasteiger partial charge in [0.2, 0.25) is 5.91 Å². The normalized spacial score (nSPS) is 10.0. The molecule has 7 heteroatoms. The van der Waals surface area contributed by atoms with Crippen molar-refractivity contribution in [2.45, 2.75) is 0 Å². The van der Waals surface area contributed by atoms with E-state index >= 15 is 0 Å². The summed E-state index contributed by atoms with van der Waals surface area (Å²) in [6, 6.07) is 11.4. The summed E-state index contributed by atoms with van der Waals surface area (Å²) >= 11 is 0. The SMILES string of the molecule is COc1ccc(/C=C/C(=O)Nc2ccccc2C(=O)O)cc1OC.O. The van der Waals surface area contributed by atoms with E-state index in [9.17, 15) is 9.59 Å². The number of hydrogen-bond donors (Lipinski definition) is 2. The average Bonchev–Trinajstić information content (AvgIpc) is 2.59. The molecule has 0 radical (unpaired) electrons. The van der Waals surface area contributed by atoms with Crippen molar-refractivity contribution in [3.63, 3.8) is 0 Å². The number of hydrogen-bond acceptors (Lipinski definition) is 4. The first kappa shape index (κ1) is 19.7. The molecule has 0 saturated carbocycles. The topological polar surface area (TPSA) is 116 Å². The summed E-state index contributed by atoms with van der Waals surface area (Å²) in [4.78, 5) is 23.1. The Hall–Kier alpha value is -3.32. The number of carboxylic acid groups (broad SMARTS) is 1. The molecule has 1 amide bonds. The molecule has 0 aliphatic heterocycles. The fraction of sp³-hybridized carbons (Fsp3) is 0.111. The van der Waals surface area contributed by atoms with Crippen LogP contribution >= 0.6 is 0 Å². The molecule has 0 heterocycles. The average molecular weight is 345 g/mol. The minimum absolute atomic E-state index is 0. The third-order valence-electron chi connectivity index (χ3n) is 3.25. The van der Waals surface area contributed by atoms with Gasteiger partial charge in [-0.25, -0.2) is 4.79 Å². The predicted octanol–water partition coefficient (Wildman–Crippen LogP) is 2.23. The second kappa shape index (κ2) is 9.09. The van der Waals surface area contributed by atoms with E-state index in [1.165, 1.54) is 25.3 Å². The van der Waals surface area contributed by atoms with Gasteiger partial charge in [-0.05, 0) is 35.9 Å². The molecule has 0 atom stereocenters. The molecule has 2 aromatic carbocycles. The molecule has 0 fully saturated rings. The molecule has 132 valence electrons. The van der Waals surface area contributed by atoms with Gasteiger partial charge in [0.25, 0.3) is 0 Å². The first-order valence-corrected chi connectivity index (χ1v) is 7.08. The summed E-state index contributed by atoms with van der Waals surface area (Å²) in [5, 5.41) is 11.6. The molecule has 2 rings (SSSR count). The highest BCUT2D eigenvalue weighted by atomic mass is 16.5. The van der Waals surface area contributed by atoms with Crippen molar-refractivity contribution in [2.75, 3.05) is 19.5 Å². The van der Waals surface area contributed by atoms with E-state index in [1.807, 2.05) is 0 Å². The molecule has 25 heavy (non-hydrogen) atoms. The summed E-state index contributed by atoms with van der Waals surface area (Å²) in [5.74, 6) is -0.390. The van der Waals surface area contributed by atoms with Crippen LogP contribution in [0.5, 0.6) is 11.5 Å². The molecule has 7 nitrogen and oxygen atoms in total. The van der Waals surface area contributed by atoms with Gasteiger partial charge in [0.05, 0.1) is 25.5 Å². The lowest BCUT2D eigenvalue weighted by molar-refractivity contribution is -0.111. The van der Waals surface area contributed by atoms with Crippen molar-refractivity contribution in [1.82, 2.24) is 0 Å². The Morgan fingerprint density at radius 2 is 1.72 bits per heavy atom. The molecule has 4 N–H and O–H groups in total. The van der Waals surface area contributed by atoms with Crippen LogP contribution < -0.4 is 14.8 Å². The van der Waals surface area contributed by atoms with E-state index in [0.29, 0.717) is 11.5 Å². The Labute approximate surface area is 144 Å². The number of carbonyl (C=O) groups excluding carboxylic acids is 1. The number of methoxy groups -OCH3 is 2. The van der Waals surface area contributed by atoms with Gasteiger partial charge in [-0.2, -0.15) is 0 Å².